The normalized spacial score (nSPS) is 11.3. The van der Waals surface area contributed by atoms with Crippen LogP contribution in [0.1, 0.15) is 15.5 Å². The maximum atomic E-state index is 10.5. The van der Waals surface area contributed by atoms with Gasteiger partial charge >= 0.3 is 16.3 Å². The summed E-state index contributed by atoms with van der Waals surface area (Å²) in [6.45, 7) is 1.52. The SMILES string of the molecule is Cc1nc(C(=O)O)c(NS(=O)(=O)O)s1. The zero-order valence-electron chi connectivity index (χ0n) is 6.88. The first-order chi connectivity index (χ1) is 6.29. The summed E-state index contributed by atoms with van der Waals surface area (Å²) in [7, 11) is -4.46. The number of carboxylic acid groups (broad SMARTS) is 1. The van der Waals surface area contributed by atoms with E-state index in [0.29, 0.717) is 5.01 Å². The van der Waals surface area contributed by atoms with Gasteiger partial charge in [0.1, 0.15) is 5.00 Å². The van der Waals surface area contributed by atoms with E-state index in [1.54, 1.807) is 4.72 Å². The molecule has 0 radical (unpaired) electrons. The van der Waals surface area contributed by atoms with Crippen LogP contribution in [0.4, 0.5) is 5.00 Å². The first kappa shape index (κ1) is 10.9. The third kappa shape index (κ3) is 2.65. The largest absolute Gasteiger partial charge is 0.476 e. The number of hydrogen-bond donors (Lipinski definition) is 3. The van der Waals surface area contributed by atoms with Crippen LogP contribution in [0.3, 0.4) is 0 Å². The fraction of sp³-hybridized carbons (Fsp3) is 0.200. The second-order valence-corrected chi connectivity index (χ2v) is 4.65. The minimum absolute atomic E-state index is 0.211. The lowest BCUT2D eigenvalue weighted by molar-refractivity contribution is 0.0692. The number of aromatic carboxylic acids is 1. The molecule has 0 amide bonds. The third-order valence-corrected chi connectivity index (χ3v) is 2.64. The molecule has 9 heteroatoms. The summed E-state index contributed by atoms with van der Waals surface area (Å²) in [5, 5.41) is 8.78. The van der Waals surface area contributed by atoms with Crippen molar-refractivity contribution < 1.29 is 22.9 Å². The van der Waals surface area contributed by atoms with Crippen molar-refractivity contribution in [1.29, 1.82) is 0 Å². The molecule has 0 aromatic carbocycles. The highest BCUT2D eigenvalue weighted by molar-refractivity contribution is 7.87. The molecule has 1 heterocycles. The minimum Gasteiger partial charge on any atom is -0.476 e. The highest BCUT2D eigenvalue weighted by Crippen LogP contribution is 2.24. The molecule has 0 fully saturated rings. The predicted molar refractivity (Wildman–Crippen MR) is 49.0 cm³/mol. The van der Waals surface area contributed by atoms with Crippen molar-refractivity contribution >= 4 is 32.6 Å². The lowest BCUT2D eigenvalue weighted by atomic mass is 10.5. The van der Waals surface area contributed by atoms with Crippen LogP contribution in [0.2, 0.25) is 0 Å². The molecule has 14 heavy (non-hydrogen) atoms. The molecule has 0 aliphatic heterocycles. The fourth-order valence-electron chi connectivity index (χ4n) is 0.758. The molecule has 0 aliphatic carbocycles. The minimum atomic E-state index is -4.46. The molecular weight excluding hydrogens is 232 g/mol. The van der Waals surface area contributed by atoms with Crippen LogP contribution in [0.25, 0.3) is 0 Å². The van der Waals surface area contributed by atoms with Gasteiger partial charge in [-0.1, -0.05) is 0 Å². The zero-order chi connectivity index (χ0) is 10.9. The Labute approximate surface area is 83.3 Å². The van der Waals surface area contributed by atoms with E-state index < -0.39 is 22.0 Å². The van der Waals surface area contributed by atoms with Gasteiger partial charge in [0, 0.05) is 0 Å². The van der Waals surface area contributed by atoms with Gasteiger partial charge in [0.15, 0.2) is 5.69 Å². The van der Waals surface area contributed by atoms with E-state index in [1.165, 1.54) is 6.92 Å². The van der Waals surface area contributed by atoms with E-state index in [9.17, 15) is 13.2 Å². The van der Waals surface area contributed by atoms with Crippen LogP contribution in [0, 0.1) is 6.92 Å². The molecule has 0 spiro atoms. The Bertz CT molecular complexity index is 462. The van der Waals surface area contributed by atoms with Gasteiger partial charge < -0.3 is 5.11 Å². The van der Waals surface area contributed by atoms with Crippen molar-refractivity contribution in [3.05, 3.63) is 10.7 Å². The Hall–Kier alpha value is -1.19. The van der Waals surface area contributed by atoms with Crippen LogP contribution >= 0.6 is 11.3 Å². The van der Waals surface area contributed by atoms with Gasteiger partial charge in [-0.15, -0.1) is 11.3 Å². The number of anilines is 1. The molecule has 78 valence electrons. The maximum Gasteiger partial charge on any atom is 0.358 e. The number of carbonyl (C=O) groups is 1. The molecule has 0 bridgehead atoms. The lowest BCUT2D eigenvalue weighted by Crippen LogP contribution is -2.12. The highest BCUT2D eigenvalue weighted by atomic mass is 32.2. The zero-order valence-corrected chi connectivity index (χ0v) is 8.52. The second kappa shape index (κ2) is 3.52. The average molecular weight is 238 g/mol. The summed E-state index contributed by atoms with van der Waals surface area (Å²) in [5.41, 5.74) is -0.426. The summed E-state index contributed by atoms with van der Waals surface area (Å²) >= 11 is 0.827. The summed E-state index contributed by atoms with van der Waals surface area (Å²) in [6, 6.07) is 0. The Morgan fingerprint density at radius 3 is 2.57 bits per heavy atom. The molecule has 0 unspecified atom stereocenters. The summed E-state index contributed by atoms with van der Waals surface area (Å²) in [5.74, 6) is -1.36. The topological polar surface area (TPSA) is 117 Å². The Morgan fingerprint density at radius 1 is 1.57 bits per heavy atom. The number of nitrogens with one attached hydrogen (secondary N) is 1. The van der Waals surface area contributed by atoms with Crippen LogP contribution in [-0.4, -0.2) is 29.0 Å². The monoisotopic (exact) mass is 238 g/mol. The van der Waals surface area contributed by atoms with Gasteiger partial charge in [-0.3, -0.25) is 4.55 Å². The van der Waals surface area contributed by atoms with Gasteiger partial charge in [0.25, 0.3) is 0 Å². The quantitative estimate of drug-likeness (QED) is 0.655. The molecule has 0 atom stereocenters. The Kier molecular flexibility index (Phi) is 2.73. The molecule has 3 N–H and O–H groups in total. The molecule has 1 rings (SSSR count). The van der Waals surface area contributed by atoms with E-state index in [4.69, 9.17) is 9.66 Å². The van der Waals surface area contributed by atoms with E-state index in [2.05, 4.69) is 4.98 Å². The molecule has 0 saturated carbocycles. The van der Waals surface area contributed by atoms with Crippen LogP contribution in [0.5, 0.6) is 0 Å². The van der Waals surface area contributed by atoms with Gasteiger partial charge in [-0.2, -0.15) is 8.42 Å². The number of nitrogens with zero attached hydrogens (tertiary/aromatic N) is 1. The molecule has 1 aromatic heterocycles. The maximum absolute atomic E-state index is 10.5. The number of carboxylic acids is 1. The van der Waals surface area contributed by atoms with Crippen molar-refractivity contribution in [1.82, 2.24) is 4.98 Å². The van der Waals surface area contributed by atoms with Gasteiger partial charge in [-0.05, 0) is 6.92 Å². The van der Waals surface area contributed by atoms with Gasteiger partial charge in [0.2, 0.25) is 0 Å². The number of aryl methyl sites for hydroxylation is 1. The molecular formula is C5H6N2O5S2. The van der Waals surface area contributed by atoms with Gasteiger partial charge in [0.05, 0.1) is 5.01 Å². The van der Waals surface area contributed by atoms with Gasteiger partial charge in [-0.25, -0.2) is 14.5 Å². The average Bonchev–Trinajstić information content (AvgIpc) is 2.27. The number of aromatic nitrogens is 1. The third-order valence-electron chi connectivity index (χ3n) is 1.16. The number of thiazole rings is 1. The van der Waals surface area contributed by atoms with Crippen LogP contribution in [0.15, 0.2) is 0 Å². The van der Waals surface area contributed by atoms with E-state index in [-0.39, 0.29) is 5.00 Å². The van der Waals surface area contributed by atoms with Crippen molar-refractivity contribution in [2.24, 2.45) is 0 Å². The Balaban J connectivity index is 3.14. The molecule has 0 aliphatic rings. The van der Waals surface area contributed by atoms with E-state index in [1.807, 2.05) is 0 Å². The summed E-state index contributed by atoms with van der Waals surface area (Å²) < 4.78 is 30.9. The molecule has 7 nitrogen and oxygen atoms in total. The van der Waals surface area contributed by atoms with E-state index >= 15 is 0 Å². The van der Waals surface area contributed by atoms with Crippen molar-refractivity contribution in [3.8, 4) is 0 Å². The molecule has 0 saturated heterocycles. The van der Waals surface area contributed by atoms with Crippen LogP contribution < -0.4 is 4.72 Å². The first-order valence-electron chi connectivity index (χ1n) is 3.25. The summed E-state index contributed by atoms with van der Waals surface area (Å²) in [4.78, 5) is 14.1. The lowest BCUT2D eigenvalue weighted by Gasteiger charge is -1.98. The fourth-order valence-corrected chi connectivity index (χ4v) is 2.23. The number of hydrogen-bond acceptors (Lipinski definition) is 5. The highest BCUT2D eigenvalue weighted by Gasteiger charge is 2.18. The Morgan fingerprint density at radius 2 is 2.14 bits per heavy atom. The predicted octanol–water partition coefficient (Wildman–Crippen LogP) is 0.364. The van der Waals surface area contributed by atoms with E-state index in [0.717, 1.165) is 11.3 Å². The van der Waals surface area contributed by atoms with Crippen molar-refractivity contribution in [2.75, 3.05) is 4.72 Å². The number of rotatable bonds is 3. The smallest absolute Gasteiger partial charge is 0.358 e. The van der Waals surface area contributed by atoms with Crippen molar-refractivity contribution in [3.63, 3.8) is 0 Å². The van der Waals surface area contributed by atoms with Crippen LogP contribution in [-0.2, 0) is 10.3 Å². The standard InChI is InChI=1S/C5H6N2O5S2/c1-2-6-3(5(8)9)4(13-2)7-14(10,11)12/h7H,1H3,(H,8,9)(H,10,11,12). The summed E-state index contributed by atoms with van der Waals surface area (Å²) in [6.07, 6.45) is 0. The van der Waals surface area contributed by atoms with Crippen molar-refractivity contribution in [2.45, 2.75) is 6.92 Å². The molecule has 1 aromatic rings. The first-order valence-corrected chi connectivity index (χ1v) is 5.51. The second-order valence-electron chi connectivity index (χ2n) is 2.29.